The molecule has 1 aromatic carbocycles. The molecule has 0 aromatic heterocycles. The first-order valence-electron chi connectivity index (χ1n) is 4.86. The van der Waals surface area contributed by atoms with Gasteiger partial charge in [-0.05, 0) is 18.6 Å². The van der Waals surface area contributed by atoms with Gasteiger partial charge in [0.25, 0.3) is 0 Å². The van der Waals surface area contributed by atoms with E-state index < -0.39 is 4.33 Å². The number of halogens is 2. The highest BCUT2D eigenvalue weighted by Crippen LogP contribution is 2.53. The third-order valence-corrected chi connectivity index (χ3v) is 3.34. The summed E-state index contributed by atoms with van der Waals surface area (Å²) >= 11 is 11.6. The van der Waals surface area contributed by atoms with Crippen LogP contribution in [-0.2, 0) is 4.79 Å². The maximum Gasteiger partial charge on any atom is 0.230 e. The monoisotopic (exact) mass is 259 g/mol. The number of hydrogen-bond donors (Lipinski definition) is 1. The molecular formula is C11H11Cl2NO2. The Hall–Kier alpha value is -0.930. The Labute approximate surface area is 104 Å². The van der Waals surface area contributed by atoms with E-state index >= 15 is 0 Å². The lowest BCUT2D eigenvalue weighted by molar-refractivity contribution is -0.117. The average Bonchev–Trinajstić information content (AvgIpc) is 2.89. The Kier molecular flexibility index (Phi) is 3.00. The molecular weight excluding hydrogens is 249 g/mol. The molecule has 3 nitrogen and oxygen atoms in total. The predicted molar refractivity (Wildman–Crippen MR) is 64.2 cm³/mol. The molecule has 1 aromatic rings. The summed E-state index contributed by atoms with van der Waals surface area (Å²) in [5, 5.41) is 2.75. The molecule has 0 bridgehead atoms. The van der Waals surface area contributed by atoms with Gasteiger partial charge in [-0.15, -0.1) is 23.2 Å². The van der Waals surface area contributed by atoms with Gasteiger partial charge in [0.05, 0.1) is 18.7 Å². The van der Waals surface area contributed by atoms with E-state index in [1.807, 2.05) is 12.1 Å². The Balaban J connectivity index is 2.07. The number of amides is 1. The maximum atomic E-state index is 11.7. The van der Waals surface area contributed by atoms with Crippen molar-refractivity contribution in [3.8, 4) is 5.75 Å². The highest BCUT2D eigenvalue weighted by atomic mass is 35.5. The highest BCUT2D eigenvalue weighted by molar-refractivity contribution is 6.52. The van der Waals surface area contributed by atoms with E-state index in [0.29, 0.717) is 17.9 Å². The minimum Gasteiger partial charge on any atom is -0.495 e. The number of rotatable bonds is 3. The number of benzene rings is 1. The van der Waals surface area contributed by atoms with E-state index in [1.165, 1.54) is 0 Å². The normalized spacial score (nSPS) is 21.3. The third-order valence-electron chi connectivity index (χ3n) is 2.51. The van der Waals surface area contributed by atoms with E-state index in [4.69, 9.17) is 27.9 Å². The molecule has 0 unspecified atom stereocenters. The van der Waals surface area contributed by atoms with Gasteiger partial charge in [0, 0.05) is 0 Å². The molecule has 0 radical (unpaired) electrons. The molecule has 0 spiro atoms. The summed E-state index contributed by atoms with van der Waals surface area (Å²) in [6, 6.07) is 7.19. The van der Waals surface area contributed by atoms with Crippen LogP contribution in [0.25, 0.3) is 0 Å². The van der Waals surface area contributed by atoms with Crippen molar-refractivity contribution in [3.05, 3.63) is 24.3 Å². The van der Waals surface area contributed by atoms with E-state index in [0.717, 1.165) is 0 Å². The smallest absolute Gasteiger partial charge is 0.230 e. The minimum atomic E-state index is -0.897. The van der Waals surface area contributed by atoms with Crippen molar-refractivity contribution in [3.63, 3.8) is 0 Å². The Morgan fingerprint density at radius 1 is 1.50 bits per heavy atom. The molecule has 0 heterocycles. The fraction of sp³-hybridized carbons (Fsp3) is 0.364. The van der Waals surface area contributed by atoms with Crippen molar-refractivity contribution in [2.24, 2.45) is 5.92 Å². The summed E-state index contributed by atoms with van der Waals surface area (Å²) in [5.74, 6) is 0.112. The molecule has 1 N–H and O–H groups in total. The molecule has 2 rings (SSSR count). The number of carbonyl (C=O) groups is 1. The number of hydrogen-bond acceptors (Lipinski definition) is 2. The van der Waals surface area contributed by atoms with Gasteiger partial charge in [0.1, 0.15) is 10.1 Å². The number of ether oxygens (including phenoxy) is 1. The van der Waals surface area contributed by atoms with Crippen molar-refractivity contribution in [2.75, 3.05) is 12.4 Å². The van der Waals surface area contributed by atoms with Gasteiger partial charge in [-0.1, -0.05) is 12.1 Å². The van der Waals surface area contributed by atoms with Gasteiger partial charge in [-0.3, -0.25) is 4.79 Å². The summed E-state index contributed by atoms with van der Waals surface area (Å²) in [7, 11) is 1.55. The first-order chi connectivity index (χ1) is 7.54. The lowest BCUT2D eigenvalue weighted by atomic mass is 10.2. The van der Waals surface area contributed by atoms with Crippen LogP contribution in [0.1, 0.15) is 6.42 Å². The zero-order chi connectivity index (χ0) is 11.8. The molecule has 86 valence electrons. The summed E-state index contributed by atoms with van der Waals surface area (Å²) < 4.78 is 4.22. The largest absolute Gasteiger partial charge is 0.495 e. The van der Waals surface area contributed by atoms with Crippen LogP contribution in [0.4, 0.5) is 5.69 Å². The maximum absolute atomic E-state index is 11.7. The fourth-order valence-electron chi connectivity index (χ4n) is 1.47. The molecule has 1 atom stereocenters. The van der Waals surface area contributed by atoms with E-state index in [9.17, 15) is 4.79 Å². The lowest BCUT2D eigenvalue weighted by Gasteiger charge is -2.09. The molecule has 1 aliphatic rings. The molecule has 0 aliphatic heterocycles. The third kappa shape index (κ3) is 2.25. The van der Waals surface area contributed by atoms with Gasteiger partial charge in [0.2, 0.25) is 5.91 Å². The highest BCUT2D eigenvalue weighted by Gasteiger charge is 2.56. The lowest BCUT2D eigenvalue weighted by Crippen LogP contribution is -2.17. The Morgan fingerprint density at radius 2 is 2.12 bits per heavy atom. The number of anilines is 1. The summed E-state index contributed by atoms with van der Waals surface area (Å²) in [5.41, 5.74) is 0.631. The van der Waals surface area contributed by atoms with Crippen molar-refractivity contribution >= 4 is 34.8 Å². The molecule has 0 saturated heterocycles. The predicted octanol–water partition coefficient (Wildman–Crippen LogP) is 2.83. The van der Waals surface area contributed by atoms with Gasteiger partial charge in [-0.25, -0.2) is 0 Å². The number of carbonyl (C=O) groups excluding carboxylic acids is 1. The molecule has 5 heteroatoms. The number of methoxy groups -OCH3 is 1. The van der Waals surface area contributed by atoms with Gasteiger partial charge in [-0.2, -0.15) is 0 Å². The number of nitrogens with one attached hydrogen (secondary N) is 1. The first-order valence-corrected chi connectivity index (χ1v) is 5.62. The van der Waals surface area contributed by atoms with Crippen LogP contribution >= 0.6 is 23.2 Å². The minimum absolute atomic E-state index is 0.172. The van der Waals surface area contributed by atoms with Gasteiger partial charge < -0.3 is 10.1 Å². The average molecular weight is 260 g/mol. The Morgan fingerprint density at radius 3 is 2.69 bits per heavy atom. The van der Waals surface area contributed by atoms with Crippen LogP contribution in [0, 0.1) is 5.92 Å². The molecule has 16 heavy (non-hydrogen) atoms. The number of para-hydroxylation sites is 2. The second-order valence-corrected chi connectivity index (χ2v) is 5.25. The van der Waals surface area contributed by atoms with Gasteiger partial charge >= 0.3 is 0 Å². The van der Waals surface area contributed by atoms with E-state index in [2.05, 4.69) is 5.32 Å². The van der Waals surface area contributed by atoms with E-state index in [1.54, 1.807) is 19.2 Å². The van der Waals surface area contributed by atoms with Crippen molar-refractivity contribution in [2.45, 2.75) is 10.8 Å². The second-order valence-electron chi connectivity index (χ2n) is 3.71. The van der Waals surface area contributed by atoms with E-state index in [-0.39, 0.29) is 11.8 Å². The fourth-order valence-corrected chi connectivity index (χ4v) is 1.97. The standard InChI is InChI=1S/C11H11Cl2NO2/c1-16-9-5-3-2-4-8(9)14-10(15)7-6-11(7,12)13/h2-5,7H,6H2,1H3,(H,14,15)/t7-/m0/s1. The second kappa shape index (κ2) is 4.15. The topological polar surface area (TPSA) is 38.3 Å². The van der Waals surface area contributed by atoms with Crippen molar-refractivity contribution in [1.29, 1.82) is 0 Å². The Bertz CT molecular complexity index is 420. The van der Waals surface area contributed by atoms with Crippen molar-refractivity contribution < 1.29 is 9.53 Å². The van der Waals surface area contributed by atoms with Crippen LogP contribution in [0.2, 0.25) is 0 Å². The summed E-state index contributed by atoms with van der Waals surface area (Å²) in [4.78, 5) is 11.7. The quantitative estimate of drug-likeness (QED) is 0.848. The van der Waals surface area contributed by atoms with Crippen LogP contribution in [0.15, 0.2) is 24.3 Å². The molecule has 1 saturated carbocycles. The van der Waals surface area contributed by atoms with Gasteiger partial charge in [0.15, 0.2) is 0 Å². The van der Waals surface area contributed by atoms with Crippen LogP contribution in [0.5, 0.6) is 5.75 Å². The summed E-state index contributed by atoms with van der Waals surface area (Å²) in [6.07, 6.45) is 0.497. The molecule has 1 aliphatic carbocycles. The van der Waals surface area contributed by atoms with Crippen LogP contribution in [-0.4, -0.2) is 17.4 Å². The SMILES string of the molecule is COc1ccccc1NC(=O)[C@@H]1CC1(Cl)Cl. The first kappa shape index (κ1) is 11.6. The zero-order valence-electron chi connectivity index (χ0n) is 8.67. The van der Waals surface area contributed by atoms with Crippen LogP contribution < -0.4 is 10.1 Å². The van der Waals surface area contributed by atoms with Crippen molar-refractivity contribution in [1.82, 2.24) is 0 Å². The molecule has 1 amide bonds. The molecule has 1 fully saturated rings. The van der Waals surface area contributed by atoms with Crippen LogP contribution in [0.3, 0.4) is 0 Å². The zero-order valence-corrected chi connectivity index (χ0v) is 10.2. The summed E-state index contributed by atoms with van der Waals surface area (Å²) in [6.45, 7) is 0. The number of alkyl halides is 2.